The fourth-order valence-corrected chi connectivity index (χ4v) is 3.21. The first kappa shape index (κ1) is 14.9. The Balaban J connectivity index is 1.80. The van der Waals surface area contributed by atoms with Gasteiger partial charge in [0, 0.05) is 12.8 Å². The van der Waals surface area contributed by atoms with Crippen LogP contribution in [0.3, 0.4) is 0 Å². The van der Waals surface area contributed by atoms with Crippen molar-refractivity contribution in [1.29, 1.82) is 5.26 Å². The number of nitrogens with zero attached hydrogens (tertiary/aromatic N) is 2. The van der Waals surface area contributed by atoms with Crippen LogP contribution in [-0.4, -0.2) is 29.1 Å². The Morgan fingerprint density at radius 2 is 2.05 bits per heavy atom. The molecule has 4 heteroatoms. The monoisotopic (exact) mass is 288 g/mol. The third-order valence-electron chi connectivity index (χ3n) is 4.02. The summed E-state index contributed by atoms with van der Waals surface area (Å²) in [6.45, 7) is 2.06. The molecular weight excluding hydrogens is 268 g/mol. The van der Waals surface area contributed by atoms with E-state index in [1.165, 1.54) is 11.1 Å². The summed E-state index contributed by atoms with van der Waals surface area (Å²) in [5.41, 5.74) is 1.95. The van der Waals surface area contributed by atoms with Gasteiger partial charge in [-0.2, -0.15) is 5.26 Å². The third-order valence-corrected chi connectivity index (χ3v) is 5.01. The number of carbonyl (C=O) groups is 1. The van der Waals surface area contributed by atoms with Gasteiger partial charge in [-0.15, -0.1) is 11.8 Å². The van der Waals surface area contributed by atoms with E-state index in [9.17, 15) is 10.1 Å². The summed E-state index contributed by atoms with van der Waals surface area (Å²) in [6.07, 6.45) is 2.67. The summed E-state index contributed by atoms with van der Waals surface area (Å²) in [7, 11) is 1.76. The molecule has 0 unspecified atom stereocenters. The molecule has 1 aromatic rings. The smallest absolute Gasteiger partial charge is 0.233 e. The molecule has 0 bridgehead atoms. The zero-order chi connectivity index (χ0) is 14.6. The van der Waals surface area contributed by atoms with Gasteiger partial charge in [0.1, 0.15) is 5.54 Å². The van der Waals surface area contributed by atoms with Gasteiger partial charge in [-0.1, -0.05) is 29.8 Å². The van der Waals surface area contributed by atoms with Crippen LogP contribution in [0.25, 0.3) is 0 Å². The molecule has 1 aliphatic carbocycles. The summed E-state index contributed by atoms with van der Waals surface area (Å²) in [5.74, 6) is 1.33. The lowest BCUT2D eigenvalue weighted by atomic mass is 9.77. The van der Waals surface area contributed by atoms with Crippen molar-refractivity contribution in [3.8, 4) is 6.07 Å². The van der Waals surface area contributed by atoms with Gasteiger partial charge in [0.2, 0.25) is 5.91 Å². The molecule has 1 aliphatic rings. The number of nitriles is 1. The van der Waals surface area contributed by atoms with Gasteiger partial charge in [-0.3, -0.25) is 4.79 Å². The summed E-state index contributed by atoms with van der Waals surface area (Å²) in [4.78, 5) is 13.8. The molecule has 1 fully saturated rings. The second kappa shape index (κ2) is 6.32. The van der Waals surface area contributed by atoms with E-state index in [2.05, 4.69) is 37.3 Å². The minimum Gasteiger partial charge on any atom is -0.326 e. The van der Waals surface area contributed by atoms with Crippen molar-refractivity contribution in [2.75, 3.05) is 12.8 Å². The van der Waals surface area contributed by atoms with E-state index >= 15 is 0 Å². The first-order valence-corrected chi connectivity index (χ1v) is 8.04. The van der Waals surface area contributed by atoms with Crippen molar-refractivity contribution in [3.63, 3.8) is 0 Å². The van der Waals surface area contributed by atoms with Crippen molar-refractivity contribution in [2.45, 2.75) is 37.5 Å². The van der Waals surface area contributed by atoms with Crippen LogP contribution in [0.2, 0.25) is 0 Å². The second-order valence-electron chi connectivity index (χ2n) is 5.43. The van der Waals surface area contributed by atoms with Crippen molar-refractivity contribution in [2.24, 2.45) is 0 Å². The molecule has 0 saturated heterocycles. The fourth-order valence-electron chi connectivity index (χ4n) is 2.31. The Kier molecular flexibility index (Phi) is 4.72. The summed E-state index contributed by atoms with van der Waals surface area (Å²) < 4.78 is 0. The number of aryl methyl sites for hydroxylation is 1. The van der Waals surface area contributed by atoms with Crippen molar-refractivity contribution < 1.29 is 4.79 Å². The maximum absolute atomic E-state index is 12.1. The van der Waals surface area contributed by atoms with Gasteiger partial charge >= 0.3 is 0 Å². The highest BCUT2D eigenvalue weighted by molar-refractivity contribution is 7.99. The predicted molar refractivity (Wildman–Crippen MR) is 82.3 cm³/mol. The Bertz CT molecular complexity index is 514. The van der Waals surface area contributed by atoms with Gasteiger partial charge < -0.3 is 4.90 Å². The number of hydrogen-bond donors (Lipinski definition) is 0. The molecule has 0 spiro atoms. The van der Waals surface area contributed by atoms with Crippen LogP contribution >= 0.6 is 11.8 Å². The number of amides is 1. The lowest BCUT2D eigenvalue weighted by molar-refractivity contribution is -0.133. The molecule has 0 aromatic heterocycles. The Hall–Kier alpha value is -1.47. The van der Waals surface area contributed by atoms with E-state index in [4.69, 9.17) is 0 Å². The van der Waals surface area contributed by atoms with Crippen molar-refractivity contribution in [3.05, 3.63) is 35.4 Å². The van der Waals surface area contributed by atoms with Gasteiger partial charge in [-0.25, -0.2) is 0 Å². The summed E-state index contributed by atoms with van der Waals surface area (Å²) in [6, 6.07) is 10.7. The average molecular weight is 288 g/mol. The van der Waals surface area contributed by atoms with Gasteiger partial charge in [0.15, 0.2) is 0 Å². The van der Waals surface area contributed by atoms with Gasteiger partial charge in [-0.05, 0) is 31.7 Å². The third kappa shape index (κ3) is 3.16. The van der Waals surface area contributed by atoms with Gasteiger partial charge in [0.25, 0.3) is 0 Å². The molecule has 3 nitrogen and oxygen atoms in total. The first-order valence-electron chi connectivity index (χ1n) is 6.89. The Morgan fingerprint density at radius 1 is 1.40 bits per heavy atom. The molecule has 1 saturated carbocycles. The standard InChI is InChI=1S/C16H20N2OS/c1-13-4-6-14(7-5-13)10-20-11-15(19)18(2)16(12-17)8-3-9-16/h4-7H,3,8-11H2,1-2H3. The van der Waals surface area contributed by atoms with Crippen LogP contribution in [0.4, 0.5) is 0 Å². The Morgan fingerprint density at radius 3 is 2.55 bits per heavy atom. The molecule has 0 N–H and O–H groups in total. The van der Waals surface area contributed by atoms with E-state index in [1.54, 1.807) is 23.7 Å². The number of thioether (sulfide) groups is 1. The average Bonchev–Trinajstić information content (AvgIpc) is 2.40. The van der Waals surface area contributed by atoms with Gasteiger partial charge in [0.05, 0.1) is 11.8 Å². The maximum atomic E-state index is 12.1. The zero-order valence-corrected chi connectivity index (χ0v) is 12.9. The van der Waals surface area contributed by atoms with Crippen molar-refractivity contribution >= 4 is 17.7 Å². The highest BCUT2D eigenvalue weighted by Crippen LogP contribution is 2.36. The second-order valence-corrected chi connectivity index (χ2v) is 6.41. The van der Waals surface area contributed by atoms with E-state index in [-0.39, 0.29) is 5.91 Å². The van der Waals surface area contributed by atoms with Crippen molar-refractivity contribution in [1.82, 2.24) is 4.90 Å². The number of benzene rings is 1. The highest BCUT2D eigenvalue weighted by Gasteiger charge is 2.43. The van der Waals surface area contributed by atoms with E-state index in [0.29, 0.717) is 5.75 Å². The molecule has 1 aromatic carbocycles. The molecule has 106 valence electrons. The first-order chi connectivity index (χ1) is 9.57. The van der Waals surface area contributed by atoms with E-state index in [0.717, 1.165) is 25.0 Å². The molecular formula is C16H20N2OS. The number of hydrogen-bond acceptors (Lipinski definition) is 3. The van der Waals surface area contributed by atoms with Crippen LogP contribution in [0, 0.1) is 18.3 Å². The van der Waals surface area contributed by atoms with Crippen LogP contribution < -0.4 is 0 Å². The predicted octanol–water partition coefficient (Wildman–Crippen LogP) is 3.13. The Labute approximate surface area is 125 Å². The topological polar surface area (TPSA) is 44.1 Å². The normalized spacial score (nSPS) is 16.1. The minimum atomic E-state index is -0.526. The van der Waals surface area contributed by atoms with Crippen LogP contribution in [0.1, 0.15) is 30.4 Å². The van der Waals surface area contributed by atoms with E-state index < -0.39 is 5.54 Å². The zero-order valence-electron chi connectivity index (χ0n) is 12.1. The van der Waals surface area contributed by atoms with Crippen LogP contribution in [0.5, 0.6) is 0 Å². The molecule has 0 atom stereocenters. The molecule has 0 heterocycles. The summed E-state index contributed by atoms with van der Waals surface area (Å²) in [5, 5.41) is 9.23. The van der Waals surface area contributed by atoms with Crippen LogP contribution in [-0.2, 0) is 10.5 Å². The van der Waals surface area contributed by atoms with E-state index in [1.807, 2.05) is 0 Å². The molecule has 2 rings (SSSR count). The quantitative estimate of drug-likeness (QED) is 0.836. The lowest BCUT2D eigenvalue weighted by Gasteiger charge is -2.42. The molecule has 20 heavy (non-hydrogen) atoms. The molecule has 0 radical (unpaired) electrons. The largest absolute Gasteiger partial charge is 0.326 e. The number of rotatable bonds is 5. The fraction of sp³-hybridized carbons (Fsp3) is 0.500. The highest BCUT2D eigenvalue weighted by atomic mass is 32.2. The van der Waals surface area contributed by atoms with Crippen LogP contribution in [0.15, 0.2) is 24.3 Å². The maximum Gasteiger partial charge on any atom is 0.233 e. The molecule has 1 amide bonds. The molecule has 0 aliphatic heterocycles. The minimum absolute atomic E-state index is 0.0587. The SMILES string of the molecule is Cc1ccc(CSCC(=O)N(C)C2(C#N)CCC2)cc1. The number of carbonyl (C=O) groups excluding carboxylic acids is 1. The summed E-state index contributed by atoms with van der Waals surface area (Å²) >= 11 is 1.61. The lowest BCUT2D eigenvalue weighted by Crippen LogP contribution is -2.53.